The van der Waals surface area contributed by atoms with Crippen molar-refractivity contribution in [3.05, 3.63) is 58.4 Å². The first-order valence-electron chi connectivity index (χ1n) is 6.61. The molecule has 21 heavy (non-hydrogen) atoms. The summed E-state index contributed by atoms with van der Waals surface area (Å²) in [6, 6.07) is 7.36. The van der Waals surface area contributed by atoms with E-state index in [1.165, 1.54) is 0 Å². The number of nitrogens with zero attached hydrogens (tertiary/aromatic N) is 1. The van der Waals surface area contributed by atoms with Gasteiger partial charge in [0.2, 0.25) is 0 Å². The van der Waals surface area contributed by atoms with Crippen LogP contribution in [0.5, 0.6) is 5.75 Å². The number of rotatable bonds is 5. The van der Waals surface area contributed by atoms with Gasteiger partial charge in [-0.2, -0.15) is 0 Å². The topological polar surface area (TPSA) is 51.2 Å². The van der Waals surface area contributed by atoms with Crippen LogP contribution in [-0.4, -0.2) is 17.5 Å². The summed E-state index contributed by atoms with van der Waals surface area (Å²) < 4.78 is 5.49. The van der Waals surface area contributed by atoms with Gasteiger partial charge < -0.3 is 10.1 Å². The fourth-order valence-corrected chi connectivity index (χ4v) is 2.00. The Balaban J connectivity index is 1.84. The molecular formula is C16H17ClN2O2. The Bertz CT molecular complexity index is 606. The molecule has 1 heterocycles. The maximum absolute atomic E-state index is 11.7. The SMILES string of the molecule is Cc1cc(OCC(=O)NCc2ccncc2)cc(C)c1Cl. The summed E-state index contributed by atoms with van der Waals surface area (Å²) in [5.41, 5.74) is 2.87. The third-order valence-corrected chi connectivity index (χ3v) is 3.62. The summed E-state index contributed by atoms with van der Waals surface area (Å²) in [6.45, 7) is 4.26. The van der Waals surface area contributed by atoms with E-state index in [0.29, 0.717) is 12.3 Å². The molecule has 5 heteroatoms. The smallest absolute Gasteiger partial charge is 0.258 e. The van der Waals surface area contributed by atoms with Crippen LogP contribution < -0.4 is 10.1 Å². The zero-order chi connectivity index (χ0) is 15.2. The largest absolute Gasteiger partial charge is 0.484 e. The molecule has 0 unspecified atom stereocenters. The Hall–Kier alpha value is -2.07. The summed E-state index contributed by atoms with van der Waals surface area (Å²) in [7, 11) is 0. The molecule has 2 rings (SSSR count). The highest BCUT2D eigenvalue weighted by atomic mass is 35.5. The van der Waals surface area contributed by atoms with Crippen molar-refractivity contribution in [2.75, 3.05) is 6.61 Å². The van der Waals surface area contributed by atoms with Gasteiger partial charge in [-0.25, -0.2) is 0 Å². The third kappa shape index (κ3) is 4.46. The van der Waals surface area contributed by atoms with Crippen molar-refractivity contribution in [3.63, 3.8) is 0 Å². The van der Waals surface area contributed by atoms with Gasteiger partial charge in [-0.05, 0) is 54.8 Å². The molecule has 0 saturated carbocycles. The summed E-state index contributed by atoms with van der Waals surface area (Å²) in [4.78, 5) is 15.7. The maximum Gasteiger partial charge on any atom is 0.258 e. The molecule has 0 fully saturated rings. The van der Waals surface area contributed by atoms with Crippen LogP contribution in [0.4, 0.5) is 0 Å². The van der Waals surface area contributed by atoms with E-state index < -0.39 is 0 Å². The lowest BCUT2D eigenvalue weighted by Crippen LogP contribution is -2.28. The normalized spacial score (nSPS) is 10.2. The quantitative estimate of drug-likeness (QED) is 0.923. The van der Waals surface area contributed by atoms with Gasteiger partial charge in [0.1, 0.15) is 5.75 Å². The second-order valence-corrected chi connectivity index (χ2v) is 5.17. The first kappa shape index (κ1) is 15.3. The monoisotopic (exact) mass is 304 g/mol. The number of carbonyl (C=O) groups is 1. The molecule has 2 aromatic rings. The predicted octanol–water partition coefficient (Wildman–Crippen LogP) is 3.05. The molecule has 0 radical (unpaired) electrons. The molecule has 1 aromatic heterocycles. The van der Waals surface area contributed by atoms with Gasteiger partial charge >= 0.3 is 0 Å². The molecule has 110 valence electrons. The number of aryl methyl sites for hydroxylation is 2. The van der Waals surface area contributed by atoms with Crippen LogP contribution in [-0.2, 0) is 11.3 Å². The van der Waals surface area contributed by atoms with E-state index in [2.05, 4.69) is 10.3 Å². The second kappa shape index (κ2) is 7.09. The van der Waals surface area contributed by atoms with Crippen LogP contribution in [0, 0.1) is 13.8 Å². The highest BCUT2D eigenvalue weighted by molar-refractivity contribution is 6.32. The third-order valence-electron chi connectivity index (χ3n) is 3.02. The Morgan fingerprint density at radius 2 is 1.86 bits per heavy atom. The van der Waals surface area contributed by atoms with Crippen molar-refractivity contribution in [1.82, 2.24) is 10.3 Å². The lowest BCUT2D eigenvalue weighted by molar-refractivity contribution is -0.123. The molecule has 1 aromatic carbocycles. The van der Waals surface area contributed by atoms with Crippen LogP contribution in [0.25, 0.3) is 0 Å². The molecule has 0 bridgehead atoms. The summed E-state index contributed by atoms with van der Waals surface area (Å²) in [5, 5.41) is 3.52. The minimum atomic E-state index is -0.169. The zero-order valence-corrected chi connectivity index (χ0v) is 12.8. The minimum absolute atomic E-state index is 0.0222. The van der Waals surface area contributed by atoms with Gasteiger partial charge in [0.25, 0.3) is 5.91 Å². The van der Waals surface area contributed by atoms with E-state index in [4.69, 9.17) is 16.3 Å². The van der Waals surface area contributed by atoms with Crippen molar-refractivity contribution in [2.45, 2.75) is 20.4 Å². The van der Waals surface area contributed by atoms with Crippen LogP contribution in [0.15, 0.2) is 36.7 Å². The van der Waals surface area contributed by atoms with E-state index >= 15 is 0 Å². The molecule has 1 N–H and O–H groups in total. The highest BCUT2D eigenvalue weighted by Gasteiger charge is 2.06. The van der Waals surface area contributed by atoms with Gasteiger partial charge in [0, 0.05) is 24.0 Å². The Kier molecular flexibility index (Phi) is 5.17. The predicted molar refractivity (Wildman–Crippen MR) is 82.5 cm³/mol. The number of ether oxygens (including phenoxy) is 1. The van der Waals surface area contributed by atoms with Gasteiger partial charge in [-0.1, -0.05) is 11.6 Å². The van der Waals surface area contributed by atoms with Crippen LogP contribution >= 0.6 is 11.6 Å². The fourth-order valence-electron chi connectivity index (χ4n) is 1.89. The molecule has 0 aliphatic heterocycles. The van der Waals surface area contributed by atoms with E-state index in [9.17, 15) is 4.79 Å². The van der Waals surface area contributed by atoms with E-state index in [-0.39, 0.29) is 12.5 Å². The van der Waals surface area contributed by atoms with E-state index in [1.807, 2.05) is 38.1 Å². The first-order valence-corrected chi connectivity index (χ1v) is 6.99. The van der Waals surface area contributed by atoms with Crippen molar-refractivity contribution in [1.29, 1.82) is 0 Å². The Labute approximate surface area is 129 Å². The number of nitrogens with one attached hydrogen (secondary N) is 1. The van der Waals surface area contributed by atoms with Gasteiger partial charge in [-0.15, -0.1) is 0 Å². The molecule has 4 nitrogen and oxygen atoms in total. The lowest BCUT2D eigenvalue weighted by Gasteiger charge is -2.10. The molecule has 0 atom stereocenters. The van der Waals surface area contributed by atoms with Crippen molar-refractivity contribution >= 4 is 17.5 Å². The number of halogens is 1. The van der Waals surface area contributed by atoms with Crippen LogP contribution in [0.1, 0.15) is 16.7 Å². The van der Waals surface area contributed by atoms with E-state index in [1.54, 1.807) is 12.4 Å². The fraction of sp³-hybridized carbons (Fsp3) is 0.250. The van der Waals surface area contributed by atoms with Crippen molar-refractivity contribution in [2.24, 2.45) is 0 Å². The molecule has 0 aliphatic rings. The average molecular weight is 305 g/mol. The number of pyridine rings is 1. The zero-order valence-electron chi connectivity index (χ0n) is 12.0. The summed E-state index contributed by atoms with van der Waals surface area (Å²) >= 11 is 6.09. The van der Waals surface area contributed by atoms with Crippen molar-refractivity contribution < 1.29 is 9.53 Å². The maximum atomic E-state index is 11.7. The minimum Gasteiger partial charge on any atom is -0.484 e. The van der Waals surface area contributed by atoms with Crippen LogP contribution in [0.3, 0.4) is 0 Å². The van der Waals surface area contributed by atoms with Crippen molar-refractivity contribution in [3.8, 4) is 5.75 Å². The number of amides is 1. The molecule has 0 spiro atoms. The summed E-state index contributed by atoms with van der Waals surface area (Å²) in [6.07, 6.45) is 3.38. The molecular weight excluding hydrogens is 288 g/mol. The number of aromatic nitrogens is 1. The van der Waals surface area contributed by atoms with Gasteiger partial charge in [-0.3, -0.25) is 9.78 Å². The van der Waals surface area contributed by atoms with Crippen LogP contribution in [0.2, 0.25) is 5.02 Å². The first-order chi connectivity index (χ1) is 10.1. The summed E-state index contributed by atoms with van der Waals surface area (Å²) in [5.74, 6) is 0.477. The Morgan fingerprint density at radius 1 is 1.24 bits per heavy atom. The van der Waals surface area contributed by atoms with Gasteiger partial charge in [0.05, 0.1) is 0 Å². The standard InChI is InChI=1S/C16H17ClN2O2/c1-11-7-14(8-12(2)16(11)17)21-10-15(20)19-9-13-3-5-18-6-4-13/h3-8H,9-10H2,1-2H3,(H,19,20). The molecule has 0 saturated heterocycles. The second-order valence-electron chi connectivity index (χ2n) is 4.79. The number of hydrogen-bond donors (Lipinski definition) is 1. The number of hydrogen-bond acceptors (Lipinski definition) is 3. The number of benzene rings is 1. The molecule has 1 amide bonds. The van der Waals surface area contributed by atoms with E-state index in [0.717, 1.165) is 21.7 Å². The molecule has 0 aliphatic carbocycles. The lowest BCUT2D eigenvalue weighted by atomic mass is 10.1. The number of carbonyl (C=O) groups excluding carboxylic acids is 1. The Morgan fingerprint density at radius 3 is 2.48 bits per heavy atom. The van der Waals surface area contributed by atoms with Gasteiger partial charge in [0.15, 0.2) is 6.61 Å². The highest BCUT2D eigenvalue weighted by Crippen LogP contribution is 2.25. The average Bonchev–Trinajstić information content (AvgIpc) is 2.49.